The van der Waals surface area contributed by atoms with Gasteiger partial charge in [-0.15, -0.1) is 0 Å². The fourth-order valence-corrected chi connectivity index (χ4v) is 2.83. The largest absolute Gasteiger partial charge is 0.353 e. The second kappa shape index (κ2) is 7.27. The molecule has 1 heterocycles. The molecular formula is C21H21N3O2. The molecule has 0 atom stereocenters. The molecule has 0 amide bonds. The monoisotopic (exact) mass is 347 g/mol. The first-order chi connectivity index (χ1) is 12.5. The molecule has 0 fully saturated rings. The van der Waals surface area contributed by atoms with Crippen LogP contribution in [0.3, 0.4) is 0 Å². The first-order valence-electron chi connectivity index (χ1n) is 8.37. The summed E-state index contributed by atoms with van der Waals surface area (Å²) in [6.45, 7) is 3.65. The molecule has 0 aliphatic rings. The van der Waals surface area contributed by atoms with Gasteiger partial charge in [0, 0.05) is 24.4 Å². The van der Waals surface area contributed by atoms with E-state index in [0.717, 1.165) is 11.4 Å². The van der Waals surface area contributed by atoms with E-state index < -0.39 is 0 Å². The molecule has 0 aliphatic heterocycles. The number of hydrogen-bond acceptors (Lipinski definition) is 3. The summed E-state index contributed by atoms with van der Waals surface area (Å²) in [6.07, 6.45) is 1.51. The third-order valence-electron chi connectivity index (χ3n) is 4.28. The first-order valence-corrected chi connectivity index (χ1v) is 8.37. The topological polar surface area (TPSA) is 56.0 Å². The lowest BCUT2D eigenvalue weighted by Crippen LogP contribution is -2.20. The number of anilines is 1. The molecule has 5 nitrogen and oxygen atoms in total. The second-order valence-electron chi connectivity index (χ2n) is 6.12. The highest BCUT2D eigenvalue weighted by Gasteiger charge is 2.16. The van der Waals surface area contributed by atoms with E-state index in [1.165, 1.54) is 6.08 Å². The van der Waals surface area contributed by atoms with Crippen molar-refractivity contribution in [3.8, 4) is 5.69 Å². The Morgan fingerprint density at radius 3 is 2.19 bits per heavy atom. The van der Waals surface area contributed by atoms with Gasteiger partial charge in [0.25, 0.3) is 5.56 Å². The van der Waals surface area contributed by atoms with Gasteiger partial charge in [0.2, 0.25) is 0 Å². The molecule has 0 bridgehead atoms. The average molecular weight is 347 g/mol. The molecule has 3 rings (SSSR count). The number of nitrogens with zero attached hydrogens (tertiary/aromatic N) is 2. The minimum absolute atomic E-state index is 0.104. The molecule has 0 unspecified atom stereocenters. The zero-order chi connectivity index (χ0) is 18.7. The standard InChI is InChI=1S/C21H21N3O2/c1-15(14-19(25)17-10-6-4-7-11-17)22-20-16(2)23(3)24(21(20)26)18-12-8-5-9-13-18/h4-14,22H,1-3H3/b15-14+. The zero-order valence-electron chi connectivity index (χ0n) is 15.1. The highest BCUT2D eigenvalue weighted by Crippen LogP contribution is 2.16. The van der Waals surface area contributed by atoms with E-state index in [1.54, 1.807) is 28.4 Å². The number of hydrogen-bond donors (Lipinski definition) is 1. The lowest BCUT2D eigenvalue weighted by atomic mass is 10.1. The van der Waals surface area contributed by atoms with Crippen molar-refractivity contribution < 1.29 is 4.79 Å². The third kappa shape index (κ3) is 3.37. The number of benzene rings is 2. The number of aromatic nitrogens is 2. The van der Waals surface area contributed by atoms with Gasteiger partial charge in [-0.25, -0.2) is 4.68 Å². The van der Waals surface area contributed by atoms with E-state index in [9.17, 15) is 9.59 Å². The third-order valence-corrected chi connectivity index (χ3v) is 4.28. The molecule has 132 valence electrons. The van der Waals surface area contributed by atoms with Crippen LogP contribution in [0.1, 0.15) is 23.0 Å². The van der Waals surface area contributed by atoms with E-state index >= 15 is 0 Å². The van der Waals surface area contributed by atoms with Crippen molar-refractivity contribution in [1.29, 1.82) is 0 Å². The normalized spacial score (nSPS) is 11.4. The van der Waals surface area contributed by atoms with E-state index in [1.807, 2.05) is 62.5 Å². The fraction of sp³-hybridized carbons (Fsp3) is 0.143. The Kier molecular flexibility index (Phi) is 4.89. The fourth-order valence-electron chi connectivity index (χ4n) is 2.83. The van der Waals surface area contributed by atoms with Gasteiger partial charge < -0.3 is 5.32 Å². The van der Waals surface area contributed by atoms with Gasteiger partial charge in [-0.1, -0.05) is 48.5 Å². The number of allylic oxidation sites excluding steroid dienone is 2. The summed E-state index contributed by atoms with van der Waals surface area (Å²) < 4.78 is 3.40. The second-order valence-corrected chi connectivity index (χ2v) is 6.12. The summed E-state index contributed by atoms with van der Waals surface area (Å²) in [5.74, 6) is -0.104. The Bertz CT molecular complexity index is 1010. The van der Waals surface area contributed by atoms with Crippen LogP contribution in [0.5, 0.6) is 0 Å². The molecule has 0 saturated heterocycles. The maximum atomic E-state index is 12.9. The molecule has 2 aromatic carbocycles. The Labute approximate surface area is 152 Å². The van der Waals surface area contributed by atoms with Crippen LogP contribution >= 0.6 is 0 Å². The summed E-state index contributed by atoms with van der Waals surface area (Å²) >= 11 is 0. The van der Waals surface area contributed by atoms with Crippen molar-refractivity contribution >= 4 is 11.5 Å². The van der Waals surface area contributed by atoms with E-state index in [-0.39, 0.29) is 11.3 Å². The molecule has 0 saturated carbocycles. The van der Waals surface area contributed by atoms with Crippen LogP contribution in [0, 0.1) is 6.92 Å². The van der Waals surface area contributed by atoms with Crippen molar-refractivity contribution in [2.24, 2.45) is 7.05 Å². The molecule has 3 aromatic rings. The van der Waals surface area contributed by atoms with Crippen LogP contribution in [0.15, 0.2) is 77.2 Å². The predicted molar refractivity (Wildman–Crippen MR) is 104 cm³/mol. The lowest BCUT2D eigenvalue weighted by Gasteiger charge is -2.07. The van der Waals surface area contributed by atoms with Crippen molar-refractivity contribution in [3.05, 3.63) is 94.0 Å². The van der Waals surface area contributed by atoms with E-state index in [4.69, 9.17) is 0 Å². The van der Waals surface area contributed by atoms with Gasteiger partial charge in [0.15, 0.2) is 5.78 Å². The highest BCUT2D eigenvalue weighted by atomic mass is 16.1. The zero-order valence-corrected chi connectivity index (χ0v) is 15.1. The van der Waals surface area contributed by atoms with Crippen LogP contribution in [-0.2, 0) is 7.05 Å². The van der Waals surface area contributed by atoms with Gasteiger partial charge in [0.1, 0.15) is 5.69 Å². The van der Waals surface area contributed by atoms with Crippen LogP contribution in [-0.4, -0.2) is 15.1 Å². The van der Waals surface area contributed by atoms with Crippen molar-refractivity contribution in [1.82, 2.24) is 9.36 Å². The highest BCUT2D eigenvalue weighted by molar-refractivity contribution is 6.05. The lowest BCUT2D eigenvalue weighted by molar-refractivity contribution is 0.104. The Hall–Kier alpha value is -3.34. The summed E-state index contributed by atoms with van der Waals surface area (Å²) in [5, 5.41) is 3.10. The van der Waals surface area contributed by atoms with Crippen molar-refractivity contribution in [2.75, 3.05) is 5.32 Å². The molecule has 0 spiro atoms. The Morgan fingerprint density at radius 2 is 1.58 bits per heavy atom. The number of ketones is 1. The Balaban J connectivity index is 1.92. The number of nitrogens with one attached hydrogen (secondary N) is 1. The maximum Gasteiger partial charge on any atom is 0.295 e. The maximum absolute atomic E-state index is 12.9. The smallest absolute Gasteiger partial charge is 0.295 e. The van der Waals surface area contributed by atoms with Crippen molar-refractivity contribution in [3.63, 3.8) is 0 Å². The summed E-state index contributed by atoms with van der Waals surface area (Å²) in [5.41, 5.74) is 3.11. The van der Waals surface area contributed by atoms with E-state index in [2.05, 4.69) is 5.32 Å². The molecule has 26 heavy (non-hydrogen) atoms. The van der Waals surface area contributed by atoms with Crippen LogP contribution < -0.4 is 10.9 Å². The van der Waals surface area contributed by atoms with Crippen LogP contribution in [0.2, 0.25) is 0 Å². The summed E-state index contributed by atoms with van der Waals surface area (Å²) in [4.78, 5) is 25.2. The van der Waals surface area contributed by atoms with Crippen LogP contribution in [0.4, 0.5) is 5.69 Å². The average Bonchev–Trinajstić information content (AvgIpc) is 2.86. The molecule has 0 radical (unpaired) electrons. The van der Waals surface area contributed by atoms with Gasteiger partial charge >= 0.3 is 0 Å². The first kappa shape index (κ1) is 17.5. The minimum atomic E-state index is -0.156. The van der Waals surface area contributed by atoms with Crippen molar-refractivity contribution in [2.45, 2.75) is 13.8 Å². The number of rotatable bonds is 5. The van der Waals surface area contributed by atoms with E-state index in [0.29, 0.717) is 16.9 Å². The Morgan fingerprint density at radius 1 is 1.00 bits per heavy atom. The van der Waals surface area contributed by atoms with Gasteiger partial charge in [-0.05, 0) is 26.0 Å². The SMILES string of the molecule is C/C(=C\C(=O)c1ccccc1)Nc1c(C)n(C)n(-c2ccccc2)c1=O. The minimum Gasteiger partial charge on any atom is -0.353 e. The van der Waals surface area contributed by atoms with Gasteiger partial charge in [-0.3, -0.25) is 14.3 Å². The molecule has 1 N–H and O–H groups in total. The number of carbonyl (C=O) groups excluding carboxylic acids is 1. The summed E-state index contributed by atoms with van der Waals surface area (Å²) in [6, 6.07) is 18.5. The quantitative estimate of drug-likeness (QED) is 0.566. The molecular weight excluding hydrogens is 326 g/mol. The predicted octanol–water partition coefficient (Wildman–Crippen LogP) is 3.68. The molecule has 0 aliphatic carbocycles. The number of carbonyl (C=O) groups is 1. The number of para-hydroxylation sites is 1. The van der Waals surface area contributed by atoms with Crippen LogP contribution in [0.25, 0.3) is 5.69 Å². The van der Waals surface area contributed by atoms with Gasteiger partial charge in [0.05, 0.1) is 11.4 Å². The molecule has 1 aromatic heterocycles. The molecule has 5 heteroatoms. The van der Waals surface area contributed by atoms with Gasteiger partial charge in [-0.2, -0.15) is 0 Å². The summed E-state index contributed by atoms with van der Waals surface area (Å²) in [7, 11) is 1.84.